The first-order valence-electron chi connectivity index (χ1n) is 5.55. The fourth-order valence-corrected chi connectivity index (χ4v) is 2.51. The van der Waals surface area contributed by atoms with Gasteiger partial charge in [0.05, 0.1) is 0 Å². The summed E-state index contributed by atoms with van der Waals surface area (Å²) in [5, 5.41) is 4.46. The zero-order valence-corrected chi connectivity index (χ0v) is 10.2. The molecule has 84 valence electrons. The molecule has 0 spiro atoms. The summed E-state index contributed by atoms with van der Waals surface area (Å²) in [6.45, 7) is 4.44. The minimum Gasteiger partial charge on any atom is -0.357 e. The van der Waals surface area contributed by atoms with E-state index in [0.29, 0.717) is 6.04 Å². The standard InChI is InChI=1S/C10H18N4S/c1-3-9-12-10(15-13-9)11-8-4-6-14(2)7-5-8/h8H,3-7H2,1-2H3,(H,11,12,13). The molecule has 4 nitrogen and oxygen atoms in total. The van der Waals surface area contributed by atoms with Crippen LogP contribution >= 0.6 is 11.5 Å². The summed E-state index contributed by atoms with van der Waals surface area (Å²) < 4.78 is 4.27. The number of rotatable bonds is 3. The minimum atomic E-state index is 0.582. The molecule has 1 aromatic rings. The normalized spacial score (nSPS) is 19.3. The molecule has 0 atom stereocenters. The van der Waals surface area contributed by atoms with Crippen LogP contribution in [-0.2, 0) is 6.42 Å². The van der Waals surface area contributed by atoms with Crippen LogP contribution in [0.2, 0.25) is 0 Å². The van der Waals surface area contributed by atoms with Crippen molar-refractivity contribution in [3.8, 4) is 0 Å². The Bertz CT molecular complexity index is 304. The Balaban J connectivity index is 1.86. The van der Waals surface area contributed by atoms with E-state index >= 15 is 0 Å². The highest BCUT2D eigenvalue weighted by Crippen LogP contribution is 2.17. The van der Waals surface area contributed by atoms with Crippen molar-refractivity contribution in [3.63, 3.8) is 0 Å². The van der Waals surface area contributed by atoms with E-state index in [1.54, 1.807) is 0 Å². The van der Waals surface area contributed by atoms with Gasteiger partial charge in [0.2, 0.25) is 5.13 Å². The molecule has 1 N–H and O–H groups in total. The van der Waals surface area contributed by atoms with E-state index in [9.17, 15) is 0 Å². The van der Waals surface area contributed by atoms with E-state index in [0.717, 1.165) is 17.4 Å². The van der Waals surface area contributed by atoms with Crippen LogP contribution in [0, 0.1) is 0 Å². The van der Waals surface area contributed by atoms with Crippen LogP contribution in [0.4, 0.5) is 5.13 Å². The maximum absolute atomic E-state index is 4.42. The van der Waals surface area contributed by atoms with E-state index in [1.165, 1.54) is 37.5 Å². The van der Waals surface area contributed by atoms with Crippen LogP contribution in [0.25, 0.3) is 0 Å². The molecule has 0 saturated carbocycles. The Morgan fingerprint density at radius 3 is 2.80 bits per heavy atom. The molecule has 0 aliphatic carbocycles. The molecule has 2 rings (SSSR count). The Labute approximate surface area is 94.9 Å². The smallest absolute Gasteiger partial charge is 0.202 e. The van der Waals surface area contributed by atoms with Crippen molar-refractivity contribution in [2.75, 3.05) is 25.5 Å². The molecule has 0 amide bonds. The summed E-state index contributed by atoms with van der Waals surface area (Å²) in [4.78, 5) is 6.80. The Morgan fingerprint density at radius 1 is 1.47 bits per heavy atom. The highest BCUT2D eigenvalue weighted by molar-refractivity contribution is 7.09. The van der Waals surface area contributed by atoms with Crippen LogP contribution in [0.1, 0.15) is 25.6 Å². The summed E-state index contributed by atoms with van der Waals surface area (Å²) in [5.41, 5.74) is 0. The lowest BCUT2D eigenvalue weighted by molar-refractivity contribution is 0.264. The number of piperidine rings is 1. The quantitative estimate of drug-likeness (QED) is 0.850. The number of nitrogens with zero attached hydrogens (tertiary/aromatic N) is 3. The second-order valence-corrected chi connectivity index (χ2v) is 4.84. The van der Waals surface area contributed by atoms with E-state index in [-0.39, 0.29) is 0 Å². The molecule has 0 unspecified atom stereocenters. The summed E-state index contributed by atoms with van der Waals surface area (Å²) in [6, 6.07) is 0.582. The zero-order valence-electron chi connectivity index (χ0n) is 9.36. The second-order valence-electron chi connectivity index (χ2n) is 4.09. The number of anilines is 1. The van der Waals surface area contributed by atoms with Gasteiger partial charge in [-0.25, -0.2) is 4.98 Å². The van der Waals surface area contributed by atoms with Gasteiger partial charge in [0, 0.05) is 24.0 Å². The van der Waals surface area contributed by atoms with Crippen molar-refractivity contribution in [2.45, 2.75) is 32.2 Å². The fourth-order valence-electron chi connectivity index (χ4n) is 1.78. The fraction of sp³-hybridized carbons (Fsp3) is 0.800. The van der Waals surface area contributed by atoms with Gasteiger partial charge in [-0.1, -0.05) is 6.92 Å². The van der Waals surface area contributed by atoms with Gasteiger partial charge in [-0.15, -0.1) is 0 Å². The number of hydrogen-bond acceptors (Lipinski definition) is 5. The average molecular weight is 226 g/mol. The number of aryl methyl sites for hydroxylation is 1. The number of hydrogen-bond donors (Lipinski definition) is 1. The average Bonchev–Trinajstić information content (AvgIpc) is 2.69. The third-order valence-corrected chi connectivity index (χ3v) is 3.51. The molecule has 1 aliphatic rings. The van der Waals surface area contributed by atoms with E-state index in [4.69, 9.17) is 0 Å². The molecular weight excluding hydrogens is 208 g/mol. The van der Waals surface area contributed by atoms with Gasteiger partial charge in [0.1, 0.15) is 5.82 Å². The molecular formula is C10H18N4S. The van der Waals surface area contributed by atoms with Gasteiger partial charge in [-0.2, -0.15) is 4.37 Å². The maximum Gasteiger partial charge on any atom is 0.202 e. The number of likely N-dealkylation sites (tertiary alicyclic amines) is 1. The summed E-state index contributed by atoms with van der Waals surface area (Å²) in [7, 11) is 2.18. The maximum atomic E-state index is 4.42. The molecule has 1 aliphatic heterocycles. The van der Waals surface area contributed by atoms with Gasteiger partial charge < -0.3 is 10.2 Å². The number of aromatic nitrogens is 2. The van der Waals surface area contributed by atoms with Crippen LogP contribution in [-0.4, -0.2) is 40.4 Å². The van der Waals surface area contributed by atoms with Gasteiger partial charge in [0.25, 0.3) is 0 Å². The first kappa shape index (κ1) is 10.8. The van der Waals surface area contributed by atoms with Gasteiger partial charge in [0.15, 0.2) is 0 Å². The van der Waals surface area contributed by atoms with E-state index in [1.807, 2.05) is 0 Å². The van der Waals surface area contributed by atoms with Crippen molar-refractivity contribution in [1.82, 2.24) is 14.3 Å². The van der Waals surface area contributed by atoms with E-state index < -0.39 is 0 Å². The highest BCUT2D eigenvalue weighted by atomic mass is 32.1. The van der Waals surface area contributed by atoms with Gasteiger partial charge in [-0.05, 0) is 33.0 Å². The van der Waals surface area contributed by atoms with Crippen LogP contribution in [0.5, 0.6) is 0 Å². The first-order chi connectivity index (χ1) is 7.28. The van der Waals surface area contributed by atoms with E-state index in [2.05, 4.69) is 33.5 Å². The Morgan fingerprint density at radius 2 is 2.20 bits per heavy atom. The third kappa shape index (κ3) is 2.89. The molecule has 5 heteroatoms. The van der Waals surface area contributed by atoms with Crippen molar-refractivity contribution in [3.05, 3.63) is 5.82 Å². The van der Waals surface area contributed by atoms with Gasteiger partial charge in [-0.3, -0.25) is 0 Å². The predicted octanol–water partition coefficient (Wildman–Crippen LogP) is 1.61. The van der Waals surface area contributed by atoms with Crippen LogP contribution in [0.3, 0.4) is 0 Å². The van der Waals surface area contributed by atoms with Gasteiger partial charge >= 0.3 is 0 Å². The highest BCUT2D eigenvalue weighted by Gasteiger charge is 2.17. The predicted molar refractivity (Wildman–Crippen MR) is 63.4 cm³/mol. The molecule has 2 heterocycles. The first-order valence-corrected chi connectivity index (χ1v) is 6.33. The van der Waals surface area contributed by atoms with Crippen molar-refractivity contribution in [2.24, 2.45) is 0 Å². The molecule has 1 aromatic heterocycles. The molecule has 1 saturated heterocycles. The largest absolute Gasteiger partial charge is 0.357 e. The molecule has 0 radical (unpaired) electrons. The lowest BCUT2D eigenvalue weighted by Crippen LogP contribution is -2.36. The minimum absolute atomic E-state index is 0.582. The molecule has 1 fully saturated rings. The lowest BCUT2D eigenvalue weighted by atomic mass is 10.1. The summed E-state index contributed by atoms with van der Waals surface area (Å²) in [5.74, 6) is 0.954. The van der Waals surface area contributed by atoms with Crippen molar-refractivity contribution >= 4 is 16.7 Å². The van der Waals surface area contributed by atoms with Crippen molar-refractivity contribution in [1.29, 1.82) is 0 Å². The molecule has 0 aromatic carbocycles. The second kappa shape index (κ2) is 4.90. The topological polar surface area (TPSA) is 41.1 Å². The lowest BCUT2D eigenvalue weighted by Gasteiger charge is -2.29. The van der Waals surface area contributed by atoms with Crippen LogP contribution in [0.15, 0.2) is 0 Å². The molecule has 0 bridgehead atoms. The Hall–Kier alpha value is -0.680. The van der Waals surface area contributed by atoms with Crippen LogP contribution < -0.4 is 5.32 Å². The zero-order chi connectivity index (χ0) is 10.7. The summed E-state index contributed by atoms with van der Waals surface area (Å²) >= 11 is 1.48. The third-order valence-electron chi connectivity index (χ3n) is 2.83. The molecule has 15 heavy (non-hydrogen) atoms. The monoisotopic (exact) mass is 226 g/mol. The van der Waals surface area contributed by atoms with Crippen molar-refractivity contribution < 1.29 is 0 Å². The summed E-state index contributed by atoms with van der Waals surface area (Å²) in [6.07, 6.45) is 3.33. The Kier molecular flexibility index (Phi) is 3.53. The number of nitrogens with one attached hydrogen (secondary N) is 1. The SMILES string of the molecule is CCc1nsc(NC2CCN(C)CC2)n1.